The SMILES string of the molecule is O=C1S/C(=C\c2ccc(N3CCCCC3)cc2)C(=O)N1Cc1ccccc1. The van der Waals surface area contributed by atoms with Crippen molar-refractivity contribution < 1.29 is 9.59 Å². The number of benzene rings is 2. The highest BCUT2D eigenvalue weighted by atomic mass is 32.2. The number of anilines is 1. The predicted octanol–water partition coefficient (Wildman–Crippen LogP) is 4.91. The van der Waals surface area contributed by atoms with Crippen molar-refractivity contribution in [3.8, 4) is 0 Å². The van der Waals surface area contributed by atoms with Crippen molar-refractivity contribution in [3.05, 3.63) is 70.6 Å². The third kappa shape index (κ3) is 4.08. The highest BCUT2D eigenvalue weighted by Gasteiger charge is 2.34. The number of hydrogen-bond acceptors (Lipinski definition) is 4. The number of carbonyl (C=O) groups excluding carboxylic acids is 2. The zero-order valence-electron chi connectivity index (χ0n) is 15.1. The van der Waals surface area contributed by atoms with E-state index in [0.29, 0.717) is 11.4 Å². The largest absolute Gasteiger partial charge is 0.372 e. The van der Waals surface area contributed by atoms with Crippen molar-refractivity contribution >= 4 is 34.7 Å². The van der Waals surface area contributed by atoms with Crippen LogP contribution >= 0.6 is 11.8 Å². The molecule has 0 bridgehead atoms. The van der Waals surface area contributed by atoms with Crippen molar-refractivity contribution in [1.29, 1.82) is 0 Å². The van der Waals surface area contributed by atoms with Gasteiger partial charge in [-0.25, -0.2) is 0 Å². The first kappa shape index (κ1) is 17.9. The van der Waals surface area contributed by atoms with Gasteiger partial charge in [0.15, 0.2) is 0 Å². The van der Waals surface area contributed by atoms with Gasteiger partial charge in [-0.1, -0.05) is 42.5 Å². The Morgan fingerprint density at radius 1 is 0.889 bits per heavy atom. The van der Waals surface area contributed by atoms with E-state index in [1.54, 1.807) is 0 Å². The molecule has 0 spiro atoms. The molecule has 2 aromatic rings. The molecule has 2 amide bonds. The van der Waals surface area contributed by atoms with Gasteiger partial charge >= 0.3 is 0 Å². The number of amides is 2. The minimum absolute atomic E-state index is 0.208. The van der Waals surface area contributed by atoms with Gasteiger partial charge in [-0.3, -0.25) is 14.5 Å². The lowest BCUT2D eigenvalue weighted by Gasteiger charge is -2.28. The highest BCUT2D eigenvalue weighted by Crippen LogP contribution is 2.33. The second-order valence-corrected chi connectivity index (χ2v) is 7.89. The van der Waals surface area contributed by atoms with E-state index in [0.717, 1.165) is 36.0 Å². The number of piperidine rings is 1. The van der Waals surface area contributed by atoms with Crippen LogP contribution in [0.4, 0.5) is 10.5 Å². The fraction of sp³-hybridized carbons (Fsp3) is 0.273. The summed E-state index contributed by atoms with van der Waals surface area (Å²) in [4.78, 5) is 29.1. The first-order valence-electron chi connectivity index (χ1n) is 9.35. The van der Waals surface area contributed by atoms with Crippen molar-refractivity contribution in [2.45, 2.75) is 25.8 Å². The van der Waals surface area contributed by atoms with E-state index in [4.69, 9.17) is 0 Å². The third-order valence-corrected chi connectivity index (χ3v) is 5.88. The average molecular weight is 378 g/mol. The highest BCUT2D eigenvalue weighted by molar-refractivity contribution is 8.18. The van der Waals surface area contributed by atoms with Crippen LogP contribution in [-0.4, -0.2) is 29.1 Å². The maximum Gasteiger partial charge on any atom is 0.293 e. The van der Waals surface area contributed by atoms with Crippen LogP contribution < -0.4 is 4.90 Å². The molecule has 0 radical (unpaired) electrons. The molecule has 0 N–H and O–H groups in total. The van der Waals surface area contributed by atoms with Gasteiger partial charge in [-0.2, -0.15) is 0 Å². The van der Waals surface area contributed by atoms with Crippen LogP contribution in [0.2, 0.25) is 0 Å². The van der Waals surface area contributed by atoms with Gasteiger partial charge in [-0.15, -0.1) is 0 Å². The summed E-state index contributed by atoms with van der Waals surface area (Å²) in [5, 5.41) is -0.208. The zero-order valence-corrected chi connectivity index (χ0v) is 16.0. The molecule has 0 aliphatic carbocycles. The van der Waals surface area contributed by atoms with Crippen LogP contribution in [-0.2, 0) is 11.3 Å². The number of thioether (sulfide) groups is 1. The lowest BCUT2D eigenvalue weighted by molar-refractivity contribution is -0.123. The molecule has 2 fully saturated rings. The molecule has 2 aliphatic heterocycles. The normalized spacial score (nSPS) is 19.2. The predicted molar refractivity (Wildman–Crippen MR) is 110 cm³/mol. The Morgan fingerprint density at radius 3 is 2.30 bits per heavy atom. The van der Waals surface area contributed by atoms with Crippen LogP contribution in [0.15, 0.2) is 59.5 Å². The Bertz CT molecular complexity index is 856. The van der Waals surface area contributed by atoms with Crippen LogP contribution in [0.25, 0.3) is 6.08 Å². The van der Waals surface area contributed by atoms with E-state index in [2.05, 4.69) is 17.0 Å². The van der Waals surface area contributed by atoms with Crippen LogP contribution in [0, 0.1) is 0 Å². The Balaban J connectivity index is 1.47. The molecular formula is C22H22N2O2S. The summed E-state index contributed by atoms with van der Waals surface area (Å²) in [7, 11) is 0. The Hall–Kier alpha value is -2.53. The molecule has 0 aromatic heterocycles. The molecule has 0 unspecified atom stereocenters. The van der Waals surface area contributed by atoms with E-state index in [1.165, 1.54) is 29.8 Å². The molecule has 4 rings (SSSR count). The standard InChI is InChI=1S/C22H22N2O2S/c25-21-20(27-22(26)24(21)16-18-7-3-1-4-8-18)15-17-9-11-19(12-10-17)23-13-5-2-6-14-23/h1,3-4,7-12,15H,2,5-6,13-14,16H2/b20-15-. The molecule has 2 aromatic carbocycles. The maximum atomic E-state index is 12.6. The lowest BCUT2D eigenvalue weighted by atomic mass is 10.1. The molecule has 138 valence electrons. The average Bonchev–Trinajstić information content (AvgIpc) is 2.97. The van der Waals surface area contributed by atoms with Crippen molar-refractivity contribution in [1.82, 2.24) is 4.90 Å². The molecule has 2 aliphatic rings. The number of imide groups is 1. The molecule has 0 saturated carbocycles. The first-order chi connectivity index (χ1) is 13.2. The Kier molecular flexibility index (Phi) is 5.30. The van der Waals surface area contributed by atoms with E-state index in [1.807, 2.05) is 48.5 Å². The minimum Gasteiger partial charge on any atom is -0.372 e. The second kappa shape index (κ2) is 8.01. The van der Waals surface area contributed by atoms with Gasteiger partial charge in [0.1, 0.15) is 0 Å². The molecule has 0 atom stereocenters. The number of nitrogens with zero attached hydrogens (tertiary/aromatic N) is 2. The van der Waals surface area contributed by atoms with Crippen LogP contribution in [0.1, 0.15) is 30.4 Å². The van der Waals surface area contributed by atoms with E-state index in [9.17, 15) is 9.59 Å². The van der Waals surface area contributed by atoms with Gasteiger partial charge in [0.05, 0.1) is 11.4 Å². The van der Waals surface area contributed by atoms with E-state index >= 15 is 0 Å². The third-order valence-electron chi connectivity index (χ3n) is 4.97. The second-order valence-electron chi connectivity index (χ2n) is 6.89. The lowest BCUT2D eigenvalue weighted by Crippen LogP contribution is -2.29. The summed E-state index contributed by atoms with van der Waals surface area (Å²) in [6.45, 7) is 2.53. The van der Waals surface area contributed by atoms with Crippen molar-refractivity contribution in [2.75, 3.05) is 18.0 Å². The fourth-order valence-corrected chi connectivity index (χ4v) is 4.33. The topological polar surface area (TPSA) is 40.6 Å². The van der Waals surface area contributed by atoms with Crippen LogP contribution in [0.3, 0.4) is 0 Å². The minimum atomic E-state index is -0.214. The van der Waals surface area contributed by atoms with Crippen LogP contribution in [0.5, 0.6) is 0 Å². The van der Waals surface area contributed by atoms with Gasteiger partial charge in [-0.05, 0) is 60.4 Å². The number of carbonyl (C=O) groups is 2. The summed E-state index contributed by atoms with van der Waals surface area (Å²) in [5.74, 6) is -0.214. The summed E-state index contributed by atoms with van der Waals surface area (Å²) >= 11 is 1.02. The number of hydrogen-bond donors (Lipinski definition) is 0. The van der Waals surface area contributed by atoms with Crippen molar-refractivity contribution in [2.24, 2.45) is 0 Å². The summed E-state index contributed by atoms with van der Waals surface area (Å²) < 4.78 is 0. The summed E-state index contributed by atoms with van der Waals surface area (Å²) in [6, 6.07) is 17.8. The van der Waals surface area contributed by atoms with Gasteiger partial charge in [0.25, 0.3) is 11.1 Å². The smallest absolute Gasteiger partial charge is 0.293 e. The van der Waals surface area contributed by atoms with Gasteiger partial charge < -0.3 is 4.90 Å². The monoisotopic (exact) mass is 378 g/mol. The molecule has 5 heteroatoms. The maximum absolute atomic E-state index is 12.6. The zero-order chi connectivity index (χ0) is 18.6. The van der Waals surface area contributed by atoms with Gasteiger partial charge in [0, 0.05) is 18.8 Å². The molecular weight excluding hydrogens is 356 g/mol. The molecule has 4 nitrogen and oxygen atoms in total. The quantitative estimate of drug-likeness (QED) is 0.709. The molecule has 2 heterocycles. The molecule has 2 saturated heterocycles. The summed E-state index contributed by atoms with van der Waals surface area (Å²) in [5.41, 5.74) is 3.12. The van der Waals surface area contributed by atoms with E-state index < -0.39 is 0 Å². The number of rotatable bonds is 4. The van der Waals surface area contributed by atoms with E-state index in [-0.39, 0.29) is 11.1 Å². The summed E-state index contributed by atoms with van der Waals surface area (Å²) in [6.07, 6.45) is 5.62. The Morgan fingerprint density at radius 2 is 1.59 bits per heavy atom. The van der Waals surface area contributed by atoms with Crippen molar-refractivity contribution in [3.63, 3.8) is 0 Å². The Labute approximate surface area is 163 Å². The first-order valence-corrected chi connectivity index (χ1v) is 10.2. The fourth-order valence-electron chi connectivity index (χ4n) is 3.49. The molecule has 27 heavy (non-hydrogen) atoms. The van der Waals surface area contributed by atoms with Gasteiger partial charge in [0.2, 0.25) is 0 Å².